The van der Waals surface area contributed by atoms with E-state index in [4.69, 9.17) is 5.73 Å². The molecule has 1 fully saturated rings. The van der Waals surface area contributed by atoms with Gasteiger partial charge < -0.3 is 10.6 Å². The van der Waals surface area contributed by atoms with Gasteiger partial charge in [0, 0.05) is 12.6 Å². The molecular formula is C13H28N2. The second kappa shape index (κ2) is 5.31. The first-order chi connectivity index (χ1) is 6.98. The van der Waals surface area contributed by atoms with Gasteiger partial charge in [-0.05, 0) is 43.7 Å². The molecule has 2 unspecified atom stereocenters. The number of hydrogen-bond acceptors (Lipinski definition) is 2. The van der Waals surface area contributed by atoms with E-state index >= 15 is 0 Å². The SMILES string of the molecule is CCN(CC(C)(C)CN)C1CCC(C)C1. The summed E-state index contributed by atoms with van der Waals surface area (Å²) in [7, 11) is 0. The Morgan fingerprint density at radius 1 is 1.33 bits per heavy atom. The summed E-state index contributed by atoms with van der Waals surface area (Å²) in [5.74, 6) is 0.921. The predicted octanol–water partition coefficient (Wildman–Crippen LogP) is 2.48. The normalized spacial score (nSPS) is 27.6. The maximum Gasteiger partial charge on any atom is 0.00980 e. The van der Waals surface area contributed by atoms with E-state index in [1.54, 1.807) is 0 Å². The highest BCUT2D eigenvalue weighted by Crippen LogP contribution is 2.30. The van der Waals surface area contributed by atoms with Crippen molar-refractivity contribution in [3.8, 4) is 0 Å². The number of rotatable bonds is 5. The third kappa shape index (κ3) is 3.76. The summed E-state index contributed by atoms with van der Waals surface area (Å²) in [5, 5.41) is 0. The largest absolute Gasteiger partial charge is 0.330 e. The first-order valence-electron chi connectivity index (χ1n) is 6.42. The van der Waals surface area contributed by atoms with Gasteiger partial charge in [0.2, 0.25) is 0 Å². The van der Waals surface area contributed by atoms with Crippen LogP contribution in [0.25, 0.3) is 0 Å². The zero-order valence-corrected chi connectivity index (χ0v) is 10.9. The summed E-state index contributed by atoms with van der Waals surface area (Å²) in [6.07, 6.45) is 4.17. The highest BCUT2D eigenvalue weighted by molar-refractivity contribution is 4.84. The van der Waals surface area contributed by atoms with Crippen LogP contribution in [0, 0.1) is 11.3 Å². The van der Waals surface area contributed by atoms with Crippen LogP contribution in [-0.2, 0) is 0 Å². The van der Waals surface area contributed by atoms with E-state index in [2.05, 4.69) is 32.6 Å². The van der Waals surface area contributed by atoms with Crippen molar-refractivity contribution in [1.29, 1.82) is 0 Å². The van der Waals surface area contributed by atoms with Gasteiger partial charge in [0.25, 0.3) is 0 Å². The first-order valence-corrected chi connectivity index (χ1v) is 6.42. The van der Waals surface area contributed by atoms with Gasteiger partial charge in [-0.25, -0.2) is 0 Å². The molecule has 0 bridgehead atoms. The van der Waals surface area contributed by atoms with Gasteiger partial charge >= 0.3 is 0 Å². The van der Waals surface area contributed by atoms with Crippen molar-refractivity contribution in [3.63, 3.8) is 0 Å². The standard InChI is InChI=1S/C13H28N2/c1-5-15(10-13(3,4)9-14)12-7-6-11(2)8-12/h11-12H,5-10,14H2,1-4H3. The number of nitrogens with two attached hydrogens (primary N) is 1. The third-order valence-corrected chi connectivity index (χ3v) is 3.77. The molecule has 0 heterocycles. The molecule has 0 spiro atoms. The molecule has 1 aliphatic carbocycles. The molecule has 2 atom stereocenters. The van der Waals surface area contributed by atoms with Crippen molar-refractivity contribution in [3.05, 3.63) is 0 Å². The lowest BCUT2D eigenvalue weighted by Crippen LogP contribution is -2.43. The molecule has 0 aromatic carbocycles. The van der Waals surface area contributed by atoms with Crippen LogP contribution in [0.5, 0.6) is 0 Å². The van der Waals surface area contributed by atoms with Gasteiger partial charge in [-0.3, -0.25) is 0 Å². The highest BCUT2D eigenvalue weighted by atomic mass is 15.2. The summed E-state index contributed by atoms with van der Waals surface area (Å²) in [6, 6.07) is 0.816. The molecule has 0 aliphatic heterocycles. The van der Waals surface area contributed by atoms with Gasteiger partial charge in [-0.15, -0.1) is 0 Å². The molecule has 15 heavy (non-hydrogen) atoms. The second-order valence-corrected chi connectivity index (χ2v) is 6.00. The van der Waals surface area contributed by atoms with Crippen LogP contribution in [0.4, 0.5) is 0 Å². The molecule has 1 rings (SSSR count). The predicted molar refractivity (Wildman–Crippen MR) is 66.9 cm³/mol. The van der Waals surface area contributed by atoms with Crippen molar-refractivity contribution in [2.24, 2.45) is 17.1 Å². The lowest BCUT2D eigenvalue weighted by Gasteiger charge is -2.35. The van der Waals surface area contributed by atoms with Crippen molar-refractivity contribution in [2.75, 3.05) is 19.6 Å². The molecule has 2 heteroatoms. The minimum absolute atomic E-state index is 0.266. The Kier molecular flexibility index (Phi) is 4.60. The molecule has 0 saturated heterocycles. The zero-order chi connectivity index (χ0) is 11.5. The minimum atomic E-state index is 0.266. The Hall–Kier alpha value is -0.0800. The van der Waals surface area contributed by atoms with Gasteiger partial charge in [-0.1, -0.05) is 27.7 Å². The maximum atomic E-state index is 5.81. The average molecular weight is 212 g/mol. The van der Waals surface area contributed by atoms with E-state index < -0.39 is 0 Å². The van der Waals surface area contributed by atoms with Crippen molar-refractivity contribution in [1.82, 2.24) is 4.90 Å². The molecule has 1 saturated carbocycles. The molecule has 0 aromatic heterocycles. The van der Waals surface area contributed by atoms with Crippen LogP contribution in [0.15, 0.2) is 0 Å². The Labute approximate surface area is 95.2 Å². The van der Waals surface area contributed by atoms with E-state index in [0.717, 1.165) is 25.0 Å². The zero-order valence-electron chi connectivity index (χ0n) is 10.9. The third-order valence-electron chi connectivity index (χ3n) is 3.77. The fraction of sp³-hybridized carbons (Fsp3) is 1.00. The highest BCUT2D eigenvalue weighted by Gasteiger charge is 2.29. The summed E-state index contributed by atoms with van der Waals surface area (Å²) in [5.41, 5.74) is 6.07. The van der Waals surface area contributed by atoms with Crippen LogP contribution < -0.4 is 5.73 Å². The lowest BCUT2D eigenvalue weighted by molar-refractivity contribution is 0.138. The Morgan fingerprint density at radius 2 is 2.00 bits per heavy atom. The van der Waals surface area contributed by atoms with Crippen molar-refractivity contribution in [2.45, 2.75) is 53.0 Å². The van der Waals surface area contributed by atoms with E-state index in [-0.39, 0.29) is 5.41 Å². The van der Waals surface area contributed by atoms with E-state index in [9.17, 15) is 0 Å². The monoisotopic (exact) mass is 212 g/mol. The van der Waals surface area contributed by atoms with Crippen LogP contribution in [0.1, 0.15) is 47.0 Å². The molecule has 90 valence electrons. The fourth-order valence-electron chi connectivity index (χ4n) is 2.62. The molecule has 1 aliphatic rings. The van der Waals surface area contributed by atoms with Crippen LogP contribution in [0.3, 0.4) is 0 Å². The van der Waals surface area contributed by atoms with Crippen LogP contribution in [0.2, 0.25) is 0 Å². The van der Waals surface area contributed by atoms with Gasteiger partial charge in [0.15, 0.2) is 0 Å². The topological polar surface area (TPSA) is 29.3 Å². The van der Waals surface area contributed by atoms with E-state index in [1.807, 2.05) is 0 Å². The lowest BCUT2D eigenvalue weighted by atomic mass is 9.92. The molecular weight excluding hydrogens is 184 g/mol. The summed E-state index contributed by atoms with van der Waals surface area (Å²) in [6.45, 7) is 12.3. The van der Waals surface area contributed by atoms with E-state index in [1.165, 1.54) is 25.8 Å². The van der Waals surface area contributed by atoms with Crippen LogP contribution >= 0.6 is 0 Å². The van der Waals surface area contributed by atoms with Crippen molar-refractivity contribution >= 4 is 0 Å². The molecule has 2 nitrogen and oxygen atoms in total. The van der Waals surface area contributed by atoms with Crippen LogP contribution in [-0.4, -0.2) is 30.6 Å². The molecule has 0 radical (unpaired) electrons. The Morgan fingerprint density at radius 3 is 2.40 bits per heavy atom. The quantitative estimate of drug-likeness (QED) is 0.758. The second-order valence-electron chi connectivity index (χ2n) is 6.00. The minimum Gasteiger partial charge on any atom is -0.330 e. The molecule has 0 aromatic rings. The number of nitrogens with zero attached hydrogens (tertiary/aromatic N) is 1. The summed E-state index contributed by atoms with van der Waals surface area (Å²) >= 11 is 0. The fourth-order valence-corrected chi connectivity index (χ4v) is 2.62. The number of hydrogen-bond donors (Lipinski definition) is 1. The molecule has 0 amide bonds. The van der Waals surface area contributed by atoms with E-state index in [0.29, 0.717) is 0 Å². The Balaban J connectivity index is 2.49. The van der Waals surface area contributed by atoms with Crippen molar-refractivity contribution < 1.29 is 0 Å². The summed E-state index contributed by atoms with van der Waals surface area (Å²) < 4.78 is 0. The summed E-state index contributed by atoms with van der Waals surface area (Å²) in [4.78, 5) is 2.64. The van der Waals surface area contributed by atoms with Gasteiger partial charge in [-0.2, -0.15) is 0 Å². The smallest absolute Gasteiger partial charge is 0.00980 e. The maximum absolute atomic E-state index is 5.81. The van der Waals surface area contributed by atoms with Gasteiger partial charge in [0.1, 0.15) is 0 Å². The molecule has 2 N–H and O–H groups in total. The Bertz CT molecular complexity index is 189. The first kappa shape index (κ1) is 13.0. The average Bonchev–Trinajstić information content (AvgIpc) is 2.61. The van der Waals surface area contributed by atoms with Gasteiger partial charge in [0.05, 0.1) is 0 Å².